The van der Waals surface area contributed by atoms with E-state index >= 15 is 0 Å². The van der Waals surface area contributed by atoms with E-state index in [4.69, 9.17) is 0 Å². The highest BCUT2D eigenvalue weighted by molar-refractivity contribution is 5.94. The number of amides is 1. The van der Waals surface area contributed by atoms with Gasteiger partial charge >= 0.3 is 0 Å². The average Bonchev–Trinajstić information content (AvgIpc) is 2.40. The van der Waals surface area contributed by atoms with Crippen LogP contribution in [0.4, 0.5) is 4.39 Å². The minimum atomic E-state index is -0.430. The SMILES string of the molecule is CCCN(CC)CCNC(=O)c1cccc(C)c1F. The molecule has 0 atom stereocenters. The van der Waals surface area contributed by atoms with E-state index in [1.54, 1.807) is 19.1 Å². The van der Waals surface area contributed by atoms with Gasteiger partial charge in [0, 0.05) is 13.1 Å². The van der Waals surface area contributed by atoms with Gasteiger partial charge in [-0.3, -0.25) is 4.79 Å². The molecule has 4 heteroatoms. The maximum Gasteiger partial charge on any atom is 0.254 e. The predicted octanol–water partition coefficient (Wildman–Crippen LogP) is 2.60. The van der Waals surface area contributed by atoms with Crippen LogP contribution in [0.2, 0.25) is 0 Å². The molecule has 1 aromatic carbocycles. The van der Waals surface area contributed by atoms with E-state index in [0.29, 0.717) is 12.1 Å². The molecule has 19 heavy (non-hydrogen) atoms. The number of likely N-dealkylation sites (N-methyl/N-ethyl adjacent to an activating group) is 1. The summed E-state index contributed by atoms with van der Waals surface area (Å²) >= 11 is 0. The van der Waals surface area contributed by atoms with E-state index in [-0.39, 0.29) is 11.5 Å². The molecule has 1 aromatic rings. The number of hydrogen-bond acceptors (Lipinski definition) is 2. The summed E-state index contributed by atoms with van der Waals surface area (Å²) in [6.45, 7) is 9.20. The Balaban J connectivity index is 2.49. The average molecular weight is 266 g/mol. The summed E-state index contributed by atoms with van der Waals surface area (Å²) < 4.78 is 13.8. The first-order chi connectivity index (χ1) is 9.10. The highest BCUT2D eigenvalue weighted by Crippen LogP contribution is 2.11. The molecule has 1 amide bonds. The zero-order valence-electron chi connectivity index (χ0n) is 12.0. The number of nitrogens with one attached hydrogen (secondary N) is 1. The summed E-state index contributed by atoms with van der Waals surface area (Å²) in [5, 5.41) is 2.77. The fraction of sp³-hybridized carbons (Fsp3) is 0.533. The standard InChI is InChI=1S/C15H23FN2O/c1-4-10-18(5-2)11-9-17-15(19)13-8-6-7-12(3)14(13)16/h6-8H,4-5,9-11H2,1-3H3,(H,17,19). The van der Waals surface area contributed by atoms with Gasteiger partial charge in [0.05, 0.1) is 5.56 Å². The van der Waals surface area contributed by atoms with Crippen molar-refractivity contribution in [1.82, 2.24) is 10.2 Å². The summed E-state index contributed by atoms with van der Waals surface area (Å²) in [5.74, 6) is -0.769. The van der Waals surface area contributed by atoms with Gasteiger partial charge in [0.25, 0.3) is 5.91 Å². The fourth-order valence-electron chi connectivity index (χ4n) is 1.99. The largest absolute Gasteiger partial charge is 0.351 e. The van der Waals surface area contributed by atoms with E-state index in [1.165, 1.54) is 6.07 Å². The zero-order valence-corrected chi connectivity index (χ0v) is 12.0. The number of carbonyl (C=O) groups is 1. The molecule has 0 aliphatic carbocycles. The van der Waals surface area contributed by atoms with Gasteiger partial charge in [-0.05, 0) is 38.1 Å². The predicted molar refractivity (Wildman–Crippen MR) is 75.9 cm³/mol. The van der Waals surface area contributed by atoms with E-state index in [0.717, 1.165) is 26.1 Å². The van der Waals surface area contributed by atoms with Crippen molar-refractivity contribution in [3.8, 4) is 0 Å². The van der Waals surface area contributed by atoms with Crippen LogP contribution in [0.25, 0.3) is 0 Å². The third-order valence-electron chi connectivity index (χ3n) is 3.14. The maximum atomic E-state index is 13.8. The normalized spacial score (nSPS) is 10.8. The first kappa shape index (κ1) is 15.6. The van der Waals surface area contributed by atoms with E-state index in [2.05, 4.69) is 24.1 Å². The minimum absolute atomic E-state index is 0.124. The number of nitrogens with zero attached hydrogens (tertiary/aromatic N) is 1. The summed E-state index contributed by atoms with van der Waals surface area (Å²) in [4.78, 5) is 14.1. The Hall–Kier alpha value is -1.42. The fourth-order valence-corrected chi connectivity index (χ4v) is 1.99. The van der Waals surface area contributed by atoms with Gasteiger partial charge in [-0.25, -0.2) is 4.39 Å². The van der Waals surface area contributed by atoms with Crippen LogP contribution in [0, 0.1) is 12.7 Å². The van der Waals surface area contributed by atoms with Gasteiger partial charge in [0.15, 0.2) is 0 Å². The Kier molecular flexibility index (Phi) is 6.50. The molecule has 0 saturated heterocycles. The van der Waals surface area contributed by atoms with Gasteiger partial charge in [-0.1, -0.05) is 26.0 Å². The van der Waals surface area contributed by atoms with Gasteiger partial charge in [0.2, 0.25) is 0 Å². The van der Waals surface area contributed by atoms with E-state index < -0.39 is 5.82 Å². The van der Waals surface area contributed by atoms with Crippen molar-refractivity contribution >= 4 is 5.91 Å². The van der Waals surface area contributed by atoms with Gasteiger partial charge < -0.3 is 10.2 Å². The highest BCUT2D eigenvalue weighted by Gasteiger charge is 2.12. The quantitative estimate of drug-likeness (QED) is 0.822. The first-order valence-corrected chi connectivity index (χ1v) is 6.85. The Morgan fingerprint density at radius 1 is 1.32 bits per heavy atom. The lowest BCUT2D eigenvalue weighted by molar-refractivity contribution is 0.0944. The Bertz CT molecular complexity index is 421. The van der Waals surface area contributed by atoms with Crippen molar-refractivity contribution in [2.75, 3.05) is 26.2 Å². The van der Waals surface area contributed by atoms with Crippen LogP contribution in [0.5, 0.6) is 0 Å². The second kappa shape index (κ2) is 7.89. The lowest BCUT2D eigenvalue weighted by atomic mass is 10.1. The minimum Gasteiger partial charge on any atom is -0.351 e. The molecule has 0 aromatic heterocycles. The lowest BCUT2D eigenvalue weighted by Crippen LogP contribution is -2.35. The molecule has 0 radical (unpaired) electrons. The van der Waals surface area contributed by atoms with Crippen LogP contribution in [-0.2, 0) is 0 Å². The van der Waals surface area contributed by atoms with Crippen molar-refractivity contribution in [2.45, 2.75) is 27.2 Å². The van der Waals surface area contributed by atoms with Crippen LogP contribution in [-0.4, -0.2) is 37.0 Å². The van der Waals surface area contributed by atoms with Crippen LogP contribution in [0.3, 0.4) is 0 Å². The number of benzene rings is 1. The highest BCUT2D eigenvalue weighted by atomic mass is 19.1. The molecule has 0 saturated carbocycles. The molecule has 0 aliphatic rings. The molecular formula is C15H23FN2O. The van der Waals surface area contributed by atoms with Crippen molar-refractivity contribution in [1.29, 1.82) is 0 Å². The van der Waals surface area contributed by atoms with Crippen LogP contribution >= 0.6 is 0 Å². The Labute approximate surface area is 114 Å². The number of halogens is 1. The van der Waals surface area contributed by atoms with Crippen LogP contribution in [0.1, 0.15) is 36.2 Å². The number of aryl methyl sites for hydroxylation is 1. The van der Waals surface area contributed by atoms with Crippen molar-refractivity contribution < 1.29 is 9.18 Å². The zero-order chi connectivity index (χ0) is 14.3. The smallest absolute Gasteiger partial charge is 0.254 e. The molecule has 0 bridgehead atoms. The summed E-state index contributed by atoms with van der Waals surface area (Å²) in [5.41, 5.74) is 0.618. The summed E-state index contributed by atoms with van der Waals surface area (Å²) in [7, 11) is 0. The topological polar surface area (TPSA) is 32.3 Å². The Morgan fingerprint density at radius 2 is 2.05 bits per heavy atom. The molecule has 106 valence electrons. The van der Waals surface area contributed by atoms with E-state index in [1.807, 2.05) is 0 Å². The third kappa shape index (κ3) is 4.63. The van der Waals surface area contributed by atoms with Crippen molar-refractivity contribution in [3.63, 3.8) is 0 Å². The monoisotopic (exact) mass is 266 g/mol. The second-order valence-electron chi connectivity index (χ2n) is 4.63. The summed E-state index contributed by atoms with van der Waals surface area (Å²) in [6, 6.07) is 4.87. The molecule has 0 fully saturated rings. The molecule has 0 aliphatic heterocycles. The Morgan fingerprint density at radius 3 is 2.68 bits per heavy atom. The molecule has 0 unspecified atom stereocenters. The number of carbonyl (C=O) groups excluding carboxylic acids is 1. The van der Waals surface area contributed by atoms with Crippen LogP contribution < -0.4 is 5.32 Å². The van der Waals surface area contributed by atoms with Gasteiger partial charge in [-0.2, -0.15) is 0 Å². The van der Waals surface area contributed by atoms with Crippen molar-refractivity contribution in [2.24, 2.45) is 0 Å². The molecule has 1 N–H and O–H groups in total. The first-order valence-electron chi connectivity index (χ1n) is 6.85. The maximum absolute atomic E-state index is 13.8. The lowest BCUT2D eigenvalue weighted by Gasteiger charge is -2.19. The van der Waals surface area contributed by atoms with Crippen molar-refractivity contribution in [3.05, 3.63) is 35.1 Å². The molecule has 0 spiro atoms. The van der Waals surface area contributed by atoms with Gasteiger partial charge in [-0.15, -0.1) is 0 Å². The third-order valence-corrected chi connectivity index (χ3v) is 3.14. The van der Waals surface area contributed by atoms with Gasteiger partial charge in [0.1, 0.15) is 5.82 Å². The molecule has 1 rings (SSSR count). The molecule has 3 nitrogen and oxygen atoms in total. The number of rotatable bonds is 7. The second-order valence-corrected chi connectivity index (χ2v) is 4.63. The summed E-state index contributed by atoms with van der Waals surface area (Å²) in [6.07, 6.45) is 1.09. The molecular weight excluding hydrogens is 243 g/mol. The van der Waals surface area contributed by atoms with E-state index in [9.17, 15) is 9.18 Å². The number of hydrogen-bond donors (Lipinski definition) is 1. The molecule has 0 heterocycles. The van der Waals surface area contributed by atoms with Crippen LogP contribution in [0.15, 0.2) is 18.2 Å².